The standard InChI is InChI=1S/C24H16F3NO2/c25-17-7-8-23-21(12-17)19(9-10-28-23)14-1-3-15(4-2-14)20(24(29)30)11-16-5-6-18(26)13-22(16)27/h1-10,12-13,20H,11H2,(H,29,30)/t20-/m1/s1. The van der Waals surface area contributed by atoms with Crippen LogP contribution in [-0.2, 0) is 11.2 Å². The van der Waals surface area contributed by atoms with Gasteiger partial charge in [-0.15, -0.1) is 0 Å². The Hall–Kier alpha value is -3.67. The summed E-state index contributed by atoms with van der Waals surface area (Å²) in [7, 11) is 0. The van der Waals surface area contributed by atoms with Crippen molar-refractivity contribution < 1.29 is 23.1 Å². The molecule has 1 heterocycles. The third kappa shape index (κ3) is 3.89. The smallest absolute Gasteiger partial charge is 0.311 e. The Kier molecular flexibility index (Phi) is 5.23. The molecule has 3 nitrogen and oxygen atoms in total. The number of rotatable bonds is 5. The van der Waals surface area contributed by atoms with Gasteiger partial charge in [0.25, 0.3) is 0 Å². The second kappa shape index (κ2) is 7.99. The number of halogens is 3. The summed E-state index contributed by atoms with van der Waals surface area (Å²) in [6.07, 6.45) is 1.52. The quantitative estimate of drug-likeness (QED) is 0.460. The van der Waals surface area contributed by atoms with Gasteiger partial charge in [-0.05, 0) is 59.0 Å². The molecule has 0 amide bonds. The molecule has 4 aromatic rings. The number of pyridine rings is 1. The second-order valence-electron chi connectivity index (χ2n) is 6.97. The minimum absolute atomic E-state index is 0.107. The SMILES string of the molecule is O=C(O)[C@H](Cc1ccc(F)cc1F)c1ccc(-c2ccnc3ccc(F)cc23)cc1. The number of hydrogen-bond donors (Lipinski definition) is 1. The average molecular weight is 407 g/mol. The van der Waals surface area contributed by atoms with Crippen LogP contribution in [0.1, 0.15) is 17.0 Å². The predicted octanol–water partition coefficient (Wildman–Crippen LogP) is 5.73. The van der Waals surface area contributed by atoms with E-state index >= 15 is 0 Å². The fourth-order valence-corrected chi connectivity index (χ4v) is 3.52. The highest BCUT2D eigenvalue weighted by molar-refractivity contribution is 5.94. The van der Waals surface area contributed by atoms with E-state index in [4.69, 9.17) is 0 Å². The van der Waals surface area contributed by atoms with E-state index in [0.29, 0.717) is 16.5 Å². The van der Waals surface area contributed by atoms with Crippen molar-refractivity contribution in [3.05, 3.63) is 102 Å². The molecule has 0 radical (unpaired) electrons. The van der Waals surface area contributed by atoms with Crippen molar-refractivity contribution >= 4 is 16.9 Å². The van der Waals surface area contributed by atoms with E-state index in [9.17, 15) is 23.1 Å². The van der Waals surface area contributed by atoms with Gasteiger partial charge in [0.2, 0.25) is 0 Å². The van der Waals surface area contributed by atoms with Crippen LogP contribution < -0.4 is 0 Å². The van der Waals surface area contributed by atoms with Crippen LogP contribution in [0.5, 0.6) is 0 Å². The number of aromatic nitrogens is 1. The van der Waals surface area contributed by atoms with Crippen LogP contribution in [0.25, 0.3) is 22.0 Å². The molecule has 0 spiro atoms. The Morgan fingerprint density at radius 2 is 1.60 bits per heavy atom. The zero-order valence-corrected chi connectivity index (χ0v) is 15.6. The van der Waals surface area contributed by atoms with Crippen LogP contribution >= 0.6 is 0 Å². The fourth-order valence-electron chi connectivity index (χ4n) is 3.52. The molecule has 0 aliphatic rings. The van der Waals surface area contributed by atoms with Gasteiger partial charge >= 0.3 is 5.97 Å². The summed E-state index contributed by atoms with van der Waals surface area (Å²) in [5.41, 5.74) is 2.80. The van der Waals surface area contributed by atoms with E-state index in [2.05, 4.69) is 4.98 Å². The Morgan fingerprint density at radius 1 is 0.900 bits per heavy atom. The van der Waals surface area contributed by atoms with Crippen molar-refractivity contribution in [2.24, 2.45) is 0 Å². The van der Waals surface area contributed by atoms with E-state index in [1.807, 2.05) is 0 Å². The molecule has 1 N–H and O–H groups in total. The van der Waals surface area contributed by atoms with Gasteiger partial charge in [-0.3, -0.25) is 9.78 Å². The van der Waals surface area contributed by atoms with Gasteiger partial charge in [0.05, 0.1) is 11.4 Å². The maximum Gasteiger partial charge on any atom is 0.311 e. The lowest BCUT2D eigenvalue weighted by Crippen LogP contribution is -2.15. The largest absolute Gasteiger partial charge is 0.481 e. The summed E-state index contributed by atoms with van der Waals surface area (Å²) < 4.78 is 40.8. The molecule has 0 saturated carbocycles. The number of benzene rings is 3. The molecule has 0 aliphatic heterocycles. The molecule has 4 rings (SSSR count). The molecule has 6 heteroatoms. The molecule has 1 aromatic heterocycles. The lowest BCUT2D eigenvalue weighted by atomic mass is 9.90. The normalized spacial score (nSPS) is 12.1. The lowest BCUT2D eigenvalue weighted by molar-refractivity contribution is -0.138. The molecule has 0 unspecified atom stereocenters. The van der Waals surface area contributed by atoms with Gasteiger partial charge in [0.1, 0.15) is 17.5 Å². The Bertz CT molecular complexity index is 1240. The van der Waals surface area contributed by atoms with E-state index < -0.39 is 23.5 Å². The first-order valence-corrected chi connectivity index (χ1v) is 9.24. The fraction of sp³-hybridized carbons (Fsp3) is 0.0833. The number of carboxylic acids is 1. The van der Waals surface area contributed by atoms with Crippen LogP contribution in [0.15, 0.2) is 72.9 Å². The Morgan fingerprint density at radius 3 is 2.30 bits per heavy atom. The van der Waals surface area contributed by atoms with E-state index in [0.717, 1.165) is 23.3 Å². The van der Waals surface area contributed by atoms with Gasteiger partial charge in [0.15, 0.2) is 0 Å². The van der Waals surface area contributed by atoms with Crippen LogP contribution in [0.3, 0.4) is 0 Å². The minimum Gasteiger partial charge on any atom is -0.481 e. The predicted molar refractivity (Wildman–Crippen MR) is 108 cm³/mol. The maximum absolute atomic E-state index is 14.0. The van der Waals surface area contributed by atoms with E-state index in [-0.39, 0.29) is 17.8 Å². The van der Waals surface area contributed by atoms with Crippen molar-refractivity contribution in [1.82, 2.24) is 4.98 Å². The highest BCUT2D eigenvalue weighted by Gasteiger charge is 2.22. The number of fused-ring (bicyclic) bond motifs is 1. The lowest BCUT2D eigenvalue weighted by Gasteiger charge is -2.15. The third-order valence-electron chi connectivity index (χ3n) is 5.06. The van der Waals surface area contributed by atoms with Crippen molar-refractivity contribution in [2.45, 2.75) is 12.3 Å². The van der Waals surface area contributed by atoms with Crippen LogP contribution in [0.2, 0.25) is 0 Å². The van der Waals surface area contributed by atoms with E-state index in [1.54, 1.807) is 42.6 Å². The molecule has 0 fully saturated rings. The topological polar surface area (TPSA) is 50.2 Å². The average Bonchev–Trinajstić information content (AvgIpc) is 2.73. The van der Waals surface area contributed by atoms with Crippen molar-refractivity contribution in [3.8, 4) is 11.1 Å². The number of carboxylic acid groups (broad SMARTS) is 1. The van der Waals surface area contributed by atoms with Gasteiger partial charge in [-0.25, -0.2) is 13.2 Å². The van der Waals surface area contributed by atoms with Crippen LogP contribution in [-0.4, -0.2) is 16.1 Å². The molecule has 150 valence electrons. The number of nitrogens with zero attached hydrogens (tertiary/aromatic N) is 1. The molecule has 0 saturated heterocycles. The van der Waals surface area contributed by atoms with Crippen LogP contribution in [0.4, 0.5) is 13.2 Å². The monoisotopic (exact) mass is 407 g/mol. The summed E-state index contributed by atoms with van der Waals surface area (Å²) in [5, 5.41) is 10.3. The second-order valence-corrected chi connectivity index (χ2v) is 6.97. The molecule has 1 atom stereocenters. The van der Waals surface area contributed by atoms with Crippen molar-refractivity contribution in [2.75, 3.05) is 0 Å². The number of hydrogen-bond acceptors (Lipinski definition) is 2. The van der Waals surface area contributed by atoms with Crippen molar-refractivity contribution in [3.63, 3.8) is 0 Å². The zero-order valence-electron chi connectivity index (χ0n) is 15.6. The van der Waals surface area contributed by atoms with Gasteiger partial charge in [-0.1, -0.05) is 30.3 Å². The maximum atomic E-state index is 14.0. The van der Waals surface area contributed by atoms with Gasteiger partial charge in [-0.2, -0.15) is 0 Å². The Balaban J connectivity index is 1.68. The summed E-state index contributed by atoms with van der Waals surface area (Å²) in [4.78, 5) is 16.0. The highest BCUT2D eigenvalue weighted by atomic mass is 19.1. The number of carbonyl (C=O) groups is 1. The summed E-state index contributed by atoms with van der Waals surface area (Å²) in [5.74, 6) is -3.97. The first-order valence-electron chi connectivity index (χ1n) is 9.24. The summed E-state index contributed by atoms with van der Waals surface area (Å²) >= 11 is 0. The van der Waals surface area contributed by atoms with Crippen LogP contribution in [0, 0.1) is 17.5 Å². The summed E-state index contributed by atoms with van der Waals surface area (Å²) in [6, 6.07) is 16.0. The third-order valence-corrected chi connectivity index (χ3v) is 5.06. The zero-order chi connectivity index (χ0) is 21.3. The molecular weight excluding hydrogens is 391 g/mol. The molecule has 0 bridgehead atoms. The van der Waals surface area contributed by atoms with Gasteiger partial charge in [0, 0.05) is 17.6 Å². The first kappa shape index (κ1) is 19.6. The summed E-state index contributed by atoms with van der Waals surface area (Å²) in [6.45, 7) is 0. The molecule has 30 heavy (non-hydrogen) atoms. The number of aliphatic carboxylic acids is 1. The minimum atomic E-state index is -1.11. The molecule has 0 aliphatic carbocycles. The molecule has 3 aromatic carbocycles. The Labute approximate surface area is 170 Å². The van der Waals surface area contributed by atoms with Gasteiger partial charge < -0.3 is 5.11 Å². The highest BCUT2D eigenvalue weighted by Crippen LogP contribution is 2.30. The first-order chi connectivity index (χ1) is 14.4. The van der Waals surface area contributed by atoms with Crippen molar-refractivity contribution in [1.29, 1.82) is 0 Å². The molecular formula is C24H16F3NO2. The van der Waals surface area contributed by atoms with E-state index in [1.165, 1.54) is 18.2 Å².